The van der Waals surface area contributed by atoms with E-state index < -0.39 is 0 Å². The number of hydrogen-bond acceptors (Lipinski definition) is 2. The maximum atomic E-state index is 11.7. The Kier molecular flexibility index (Phi) is 4.49. The first-order valence-corrected chi connectivity index (χ1v) is 5.87. The van der Waals surface area contributed by atoms with Crippen LogP contribution in [0.2, 0.25) is 0 Å². The summed E-state index contributed by atoms with van der Waals surface area (Å²) in [6.07, 6.45) is 3.04. The number of rotatable bonds is 4. The average Bonchev–Trinajstić information content (AvgIpc) is 2.23. The van der Waals surface area contributed by atoms with Crippen molar-refractivity contribution in [2.75, 3.05) is 5.32 Å². The topological polar surface area (TPSA) is 51.1 Å². The second-order valence-electron chi connectivity index (χ2n) is 4.80. The van der Waals surface area contributed by atoms with Gasteiger partial charge in [0.25, 0.3) is 5.56 Å². The van der Waals surface area contributed by atoms with Crippen LogP contribution in [0.15, 0.2) is 17.1 Å². The van der Waals surface area contributed by atoms with Gasteiger partial charge < -0.3 is 9.88 Å². The van der Waals surface area contributed by atoms with Crippen LogP contribution in [-0.4, -0.2) is 10.5 Å². The summed E-state index contributed by atoms with van der Waals surface area (Å²) in [5.41, 5.74) is 1.44. The molecule has 0 spiro atoms. The zero-order valence-electron chi connectivity index (χ0n) is 10.9. The number of nitrogens with zero attached hydrogens (tertiary/aromatic N) is 1. The predicted octanol–water partition coefficient (Wildman–Crippen LogP) is 2.07. The summed E-state index contributed by atoms with van der Waals surface area (Å²) in [6, 6.07) is 1.53. The molecule has 1 aromatic heterocycles. The molecule has 94 valence electrons. The van der Waals surface area contributed by atoms with Gasteiger partial charge in [0.2, 0.25) is 5.91 Å². The Labute approximate surface area is 102 Å². The molecule has 0 radical (unpaired) electrons. The third-order valence-corrected chi connectivity index (χ3v) is 2.66. The molecular formula is C13H20N2O2. The molecule has 0 saturated carbocycles. The molecule has 0 atom stereocenters. The van der Waals surface area contributed by atoms with Gasteiger partial charge in [0.15, 0.2) is 0 Å². The normalized spacial score (nSPS) is 10.6. The van der Waals surface area contributed by atoms with Gasteiger partial charge in [-0.3, -0.25) is 9.59 Å². The van der Waals surface area contributed by atoms with Gasteiger partial charge in [0, 0.05) is 25.7 Å². The molecule has 4 heteroatoms. The van der Waals surface area contributed by atoms with Crippen molar-refractivity contribution in [2.45, 2.75) is 33.6 Å². The average molecular weight is 236 g/mol. The summed E-state index contributed by atoms with van der Waals surface area (Å²) in [5, 5.41) is 2.83. The summed E-state index contributed by atoms with van der Waals surface area (Å²) >= 11 is 0. The van der Waals surface area contributed by atoms with Gasteiger partial charge in [-0.1, -0.05) is 13.8 Å². The highest BCUT2D eigenvalue weighted by Gasteiger charge is 2.07. The van der Waals surface area contributed by atoms with Crippen LogP contribution in [0.1, 0.15) is 32.3 Å². The van der Waals surface area contributed by atoms with E-state index in [-0.39, 0.29) is 11.5 Å². The van der Waals surface area contributed by atoms with Gasteiger partial charge in [-0.2, -0.15) is 0 Å². The fourth-order valence-corrected chi connectivity index (χ4v) is 1.49. The fraction of sp³-hybridized carbons (Fsp3) is 0.538. The second-order valence-corrected chi connectivity index (χ2v) is 4.80. The van der Waals surface area contributed by atoms with Gasteiger partial charge >= 0.3 is 0 Å². The molecule has 0 aliphatic rings. The molecule has 0 aliphatic carbocycles. The standard InChI is InChI=1S/C13H20N2O2/c1-9(2)5-6-12(16)14-11-8-15(4)13(17)7-10(11)3/h7-9H,5-6H2,1-4H3,(H,14,16). The van der Waals surface area contributed by atoms with Crippen LogP contribution in [0.3, 0.4) is 0 Å². The maximum absolute atomic E-state index is 11.7. The lowest BCUT2D eigenvalue weighted by atomic mass is 10.1. The first-order valence-electron chi connectivity index (χ1n) is 5.87. The lowest BCUT2D eigenvalue weighted by molar-refractivity contribution is -0.116. The van der Waals surface area contributed by atoms with Crippen molar-refractivity contribution < 1.29 is 4.79 Å². The number of pyridine rings is 1. The van der Waals surface area contributed by atoms with E-state index in [1.807, 2.05) is 6.92 Å². The highest BCUT2D eigenvalue weighted by Crippen LogP contribution is 2.12. The molecule has 0 saturated heterocycles. The summed E-state index contributed by atoms with van der Waals surface area (Å²) in [4.78, 5) is 23.0. The van der Waals surface area contributed by atoms with Crippen LogP contribution in [-0.2, 0) is 11.8 Å². The number of carbonyl (C=O) groups is 1. The Balaban J connectivity index is 2.72. The van der Waals surface area contributed by atoms with Gasteiger partial charge in [0.05, 0.1) is 5.69 Å². The molecule has 1 amide bonds. The van der Waals surface area contributed by atoms with Gasteiger partial charge in [0.1, 0.15) is 0 Å². The van der Waals surface area contributed by atoms with E-state index in [1.165, 1.54) is 10.6 Å². The summed E-state index contributed by atoms with van der Waals surface area (Å²) in [7, 11) is 1.67. The minimum absolute atomic E-state index is 0.000416. The SMILES string of the molecule is Cc1cc(=O)n(C)cc1NC(=O)CCC(C)C. The van der Waals surface area contributed by atoms with Gasteiger partial charge in [-0.15, -0.1) is 0 Å². The van der Waals surface area contributed by atoms with Crippen LogP contribution in [0.4, 0.5) is 5.69 Å². The Morgan fingerprint density at radius 3 is 2.71 bits per heavy atom. The van der Waals surface area contributed by atoms with E-state index in [2.05, 4.69) is 19.2 Å². The number of carbonyl (C=O) groups excluding carboxylic acids is 1. The number of aromatic nitrogens is 1. The van der Waals surface area contributed by atoms with Gasteiger partial charge in [-0.05, 0) is 24.8 Å². The first-order chi connectivity index (χ1) is 7.90. The van der Waals surface area contributed by atoms with Crippen molar-refractivity contribution in [3.63, 3.8) is 0 Å². The highest BCUT2D eigenvalue weighted by atomic mass is 16.1. The molecule has 17 heavy (non-hydrogen) atoms. The smallest absolute Gasteiger partial charge is 0.250 e. The summed E-state index contributed by atoms with van der Waals surface area (Å²) in [6.45, 7) is 6.00. The number of amides is 1. The number of aryl methyl sites for hydroxylation is 2. The van der Waals surface area contributed by atoms with Crippen LogP contribution in [0.5, 0.6) is 0 Å². The summed E-state index contributed by atoms with van der Waals surface area (Å²) in [5.74, 6) is 0.516. The van der Waals surface area contributed by atoms with E-state index in [0.29, 0.717) is 18.0 Å². The molecule has 0 unspecified atom stereocenters. The van der Waals surface area contributed by atoms with E-state index in [4.69, 9.17) is 0 Å². The maximum Gasteiger partial charge on any atom is 0.250 e. The van der Waals surface area contributed by atoms with E-state index >= 15 is 0 Å². The Morgan fingerprint density at radius 2 is 2.12 bits per heavy atom. The van der Waals surface area contributed by atoms with Crippen molar-refractivity contribution in [3.8, 4) is 0 Å². The van der Waals surface area contributed by atoms with Crippen molar-refractivity contribution in [2.24, 2.45) is 13.0 Å². The zero-order valence-corrected chi connectivity index (χ0v) is 10.9. The van der Waals surface area contributed by atoms with Crippen molar-refractivity contribution in [1.82, 2.24) is 4.57 Å². The molecule has 0 aromatic carbocycles. The predicted molar refractivity (Wildman–Crippen MR) is 69.1 cm³/mol. The first kappa shape index (κ1) is 13.5. The molecule has 1 heterocycles. The van der Waals surface area contributed by atoms with Crippen LogP contribution >= 0.6 is 0 Å². The number of anilines is 1. The lowest BCUT2D eigenvalue weighted by Crippen LogP contribution is -2.19. The van der Waals surface area contributed by atoms with E-state index in [9.17, 15) is 9.59 Å². The molecule has 1 aromatic rings. The molecule has 1 N–H and O–H groups in total. The molecular weight excluding hydrogens is 216 g/mol. The van der Waals surface area contributed by atoms with Gasteiger partial charge in [-0.25, -0.2) is 0 Å². The largest absolute Gasteiger partial charge is 0.325 e. The molecule has 4 nitrogen and oxygen atoms in total. The number of hydrogen-bond donors (Lipinski definition) is 1. The third kappa shape index (κ3) is 4.06. The number of nitrogens with one attached hydrogen (secondary N) is 1. The highest BCUT2D eigenvalue weighted by molar-refractivity contribution is 5.91. The molecule has 1 rings (SSSR count). The summed E-state index contributed by atoms with van der Waals surface area (Å²) < 4.78 is 1.46. The minimum Gasteiger partial charge on any atom is -0.325 e. The van der Waals surface area contributed by atoms with Crippen molar-refractivity contribution in [1.29, 1.82) is 0 Å². The van der Waals surface area contributed by atoms with Crippen LogP contribution < -0.4 is 10.9 Å². The monoisotopic (exact) mass is 236 g/mol. The lowest BCUT2D eigenvalue weighted by Gasteiger charge is -2.10. The quantitative estimate of drug-likeness (QED) is 0.870. The van der Waals surface area contributed by atoms with Crippen molar-refractivity contribution >= 4 is 11.6 Å². The Hall–Kier alpha value is -1.58. The van der Waals surface area contributed by atoms with Crippen LogP contribution in [0.25, 0.3) is 0 Å². The van der Waals surface area contributed by atoms with Crippen LogP contribution in [0, 0.1) is 12.8 Å². The Bertz CT molecular complexity index is 461. The second kappa shape index (κ2) is 5.66. The fourth-order valence-electron chi connectivity index (χ4n) is 1.49. The minimum atomic E-state index is -0.0670. The van der Waals surface area contributed by atoms with Crippen molar-refractivity contribution in [3.05, 3.63) is 28.2 Å². The van der Waals surface area contributed by atoms with E-state index in [1.54, 1.807) is 13.2 Å². The molecule has 0 aliphatic heterocycles. The molecule has 0 bridgehead atoms. The zero-order chi connectivity index (χ0) is 13.0. The third-order valence-electron chi connectivity index (χ3n) is 2.66. The van der Waals surface area contributed by atoms with E-state index in [0.717, 1.165) is 12.0 Å². The Morgan fingerprint density at radius 1 is 1.47 bits per heavy atom. The molecule has 0 fully saturated rings.